The summed E-state index contributed by atoms with van der Waals surface area (Å²) in [5.41, 5.74) is 2.54. The van der Waals surface area contributed by atoms with E-state index < -0.39 is 0 Å². The molecule has 5 rings (SSSR count). The zero-order valence-electron chi connectivity index (χ0n) is 18.3. The van der Waals surface area contributed by atoms with E-state index in [0.29, 0.717) is 45.3 Å². The molecule has 2 aromatic heterocycles. The zero-order valence-corrected chi connectivity index (χ0v) is 18.3. The summed E-state index contributed by atoms with van der Waals surface area (Å²) >= 11 is 0. The fraction of sp³-hybridized carbons (Fsp3) is 0.240. The minimum Gasteiger partial charge on any atom is -0.497 e. The smallest absolute Gasteiger partial charge is 0.235 e. The summed E-state index contributed by atoms with van der Waals surface area (Å²) in [5, 5.41) is 10.3. The molecule has 0 atom stereocenters. The lowest BCUT2D eigenvalue weighted by Gasteiger charge is -2.10. The Morgan fingerprint density at radius 2 is 1.91 bits per heavy atom. The monoisotopic (exact) mass is 445 g/mol. The molecular weight excluding hydrogens is 422 g/mol. The molecule has 33 heavy (non-hydrogen) atoms. The lowest BCUT2D eigenvalue weighted by atomic mass is 10.1. The van der Waals surface area contributed by atoms with Gasteiger partial charge in [0.05, 0.1) is 26.0 Å². The fourth-order valence-corrected chi connectivity index (χ4v) is 3.83. The van der Waals surface area contributed by atoms with Gasteiger partial charge < -0.3 is 19.2 Å². The summed E-state index contributed by atoms with van der Waals surface area (Å²) < 4.78 is 16.6. The topological polar surface area (TPSA) is 106 Å². The van der Waals surface area contributed by atoms with Crippen LogP contribution in [0.15, 0.2) is 57.7 Å². The molecule has 1 amide bonds. The third kappa shape index (κ3) is 4.19. The largest absolute Gasteiger partial charge is 0.497 e. The maximum atomic E-state index is 13.2. The Kier molecular flexibility index (Phi) is 5.34. The van der Waals surface area contributed by atoms with Gasteiger partial charge in [0, 0.05) is 23.2 Å². The molecule has 4 aromatic rings. The van der Waals surface area contributed by atoms with Gasteiger partial charge in [-0.25, -0.2) is 0 Å². The van der Waals surface area contributed by atoms with E-state index in [-0.39, 0.29) is 23.5 Å². The van der Waals surface area contributed by atoms with Crippen molar-refractivity contribution in [2.24, 2.45) is 0 Å². The Balaban J connectivity index is 1.41. The maximum absolute atomic E-state index is 13.2. The van der Waals surface area contributed by atoms with Crippen molar-refractivity contribution in [3.63, 3.8) is 0 Å². The van der Waals surface area contributed by atoms with Gasteiger partial charge in [-0.2, -0.15) is 5.10 Å². The number of nitrogens with zero attached hydrogens (tertiary/aromatic N) is 1. The first-order valence-electron chi connectivity index (χ1n) is 10.7. The summed E-state index contributed by atoms with van der Waals surface area (Å²) in [4.78, 5) is 25.7. The van der Waals surface area contributed by atoms with Gasteiger partial charge in [0.15, 0.2) is 11.6 Å². The molecule has 0 spiro atoms. The fourth-order valence-electron chi connectivity index (χ4n) is 3.83. The lowest BCUT2D eigenvalue weighted by molar-refractivity contribution is -0.115. The number of carbonyl (C=O) groups is 1. The van der Waals surface area contributed by atoms with Gasteiger partial charge in [0.1, 0.15) is 11.3 Å². The molecule has 1 fully saturated rings. The van der Waals surface area contributed by atoms with Gasteiger partial charge in [-0.3, -0.25) is 14.7 Å². The Morgan fingerprint density at radius 1 is 1.12 bits per heavy atom. The van der Waals surface area contributed by atoms with Crippen LogP contribution in [0.3, 0.4) is 0 Å². The molecule has 0 saturated heterocycles. The van der Waals surface area contributed by atoms with E-state index in [0.717, 1.165) is 18.5 Å². The number of hydrogen-bond acceptors (Lipinski definition) is 6. The number of amides is 1. The van der Waals surface area contributed by atoms with E-state index in [1.165, 1.54) is 7.11 Å². The average Bonchev–Trinajstić information content (AvgIpc) is 3.58. The van der Waals surface area contributed by atoms with Gasteiger partial charge in [-0.05, 0) is 54.8 Å². The highest BCUT2D eigenvalue weighted by atomic mass is 16.5. The number of nitrogens with one attached hydrogen (secondary N) is 2. The van der Waals surface area contributed by atoms with Crippen LogP contribution in [0, 0.1) is 0 Å². The van der Waals surface area contributed by atoms with Crippen molar-refractivity contribution in [2.45, 2.75) is 25.2 Å². The number of carbonyl (C=O) groups excluding carboxylic acids is 1. The molecule has 0 radical (unpaired) electrons. The SMILES string of the molecule is COc1ccc(-c2oc3ccc(CC(=O)Nc4cc(C5CC5)[nH]n4)cc3c(=O)c2OC)cc1. The normalized spacial score (nSPS) is 13.2. The number of hydrogen-bond donors (Lipinski definition) is 2. The molecule has 1 aliphatic rings. The molecule has 168 valence electrons. The molecule has 8 nitrogen and oxygen atoms in total. The summed E-state index contributed by atoms with van der Waals surface area (Å²) in [6, 6.07) is 14.2. The second-order valence-corrected chi connectivity index (χ2v) is 8.06. The van der Waals surface area contributed by atoms with Crippen LogP contribution in [0.25, 0.3) is 22.3 Å². The van der Waals surface area contributed by atoms with E-state index in [9.17, 15) is 9.59 Å². The number of ether oxygens (including phenoxy) is 2. The maximum Gasteiger partial charge on any atom is 0.235 e. The Labute approximate surface area is 189 Å². The second-order valence-electron chi connectivity index (χ2n) is 8.06. The number of fused-ring (bicyclic) bond motifs is 1. The number of H-pyrrole nitrogens is 1. The van der Waals surface area contributed by atoms with E-state index in [4.69, 9.17) is 13.9 Å². The molecule has 2 aromatic carbocycles. The first-order valence-corrected chi connectivity index (χ1v) is 10.7. The highest BCUT2D eigenvalue weighted by Crippen LogP contribution is 2.39. The quantitative estimate of drug-likeness (QED) is 0.440. The molecule has 2 N–H and O–H groups in total. The van der Waals surface area contributed by atoms with Crippen LogP contribution in [-0.4, -0.2) is 30.3 Å². The second kappa shape index (κ2) is 8.46. The minimum atomic E-state index is -0.298. The van der Waals surface area contributed by atoms with Crippen molar-refractivity contribution in [2.75, 3.05) is 19.5 Å². The van der Waals surface area contributed by atoms with Crippen molar-refractivity contribution < 1.29 is 18.7 Å². The van der Waals surface area contributed by atoms with E-state index in [2.05, 4.69) is 15.5 Å². The van der Waals surface area contributed by atoms with Gasteiger partial charge in [-0.1, -0.05) is 6.07 Å². The average molecular weight is 445 g/mol. The molecule has 0 bridgehead atoms. The molecule has 0 unspecified atom stereocenters. The van der Waals surface area contributed by atoms with Crippen LogP contribution in [-0.2, 0) is 11.2 Å². The third-order valence-corrected chi connectivity index (χ3v) is 5.72. The predicted molar refractivity (Wildman–Crippen MR) is 124 cm³/mol. The van der Waals surface area contributed by atoms with Gasteiger partial charge in [-0.15, -0.1) is 0 Å². The number of aromatic amines is 1. The van der Waals surface area contributed by atoms with Crippen LogP contribution >= 0.6 is 0 Å². The van der Waals surface area contributed by atoms with E-state index in [1.54, 1.807) is 49.6 Å². The molecule has 2 heterocycles. The number of methoxy groups -OCH3 is 2. The molecule has 8 heteroatoms. The third-order valence-electron chi connectivity index (χ3n) is 5.72. The Morgan fingerprint density at radius 3 is 2.61 bits per heavy atom. The van der Waals surface area contributed by atoms with Crippen molar-refractivity contribution in [3.05, 3.63) is 70.0 Å². The van der Waals surface area contributed by atoms with E-state index in [1.807, 2.05) is 6.07 Å². The minimum absolute atomic E-state index is 0.101. The predicted octanol–water partition coefficient (Wildman–Crippen LogP) is 4.26. The summed E-state index contributed by atoms with van der Waals surface area (Å²) in [6.07, 6.45) is 2.40. The summed E-state index contributed by atoms with van der Waals surface area (Å²) in [5.74, 6) is 1.97. The molecule has 1 aliphatic carbocycles. The Hall–Kier alpha value is -4.07. The number of aromatic nitrogens is 2. The zero-order chi connectivity index (χ0) is 22.9. The highest BCUT2D eigenvalue weighted by molar-refractivity contribution is 5.92. The van der Waals surface area contributed by atoms with Crippen LogP contribution in [0.2, 0.25) is 0 Å². The summed E-state index contributed by atoms with van der Waals surface area (Å²) in [7, 11) is 3.02. The number of rotatable bonds is 7. The highest BCUT2D eigenvalue weighted by Gasteiger charge is 2.25. The standard InChI is InChI=1S/C25H23N3O5/c1-31-17-8-6-16(7-9-17)24-25(32-2)23(30)18-11-14(3-10-20(18)33-24)12-22(29)26-21-13-19(27-28-21)15-4-5-15/h3,6-11,13,15H,4-5,12H2,1-2H3,(H2,26,27,28,29). The molecular formula is C25H23N3O5. The first-order chi connectivity index (χ1) is 16.1. The summed E-state index contributed by atoms with van der Waals surface area (Å²) in [6.45, 7) is 0. The number of benzene rings is 2. The first kappa shape index (κ1) is 20.8. The molecule has 0 aliphatic heterocycles. The molecule has 1 saturated carbocycles. The Bertz CT molecular complexity index is 1380. The van der Waals surface area contributed by atoms with E-state index >= 15 is 0 Å². The van der Waals surface area contributed by atoms with Gasteiger partial charge in [0.2, 0.25) is 17.1 Å². The van der Waals surface area contributed by atoms with Crippen LogP contribution in [0.5, 0.6) is 11.5 Å². The number of anilines is 1. The van der Waals surface area contributed by atoms with Gasteiger partial charge >= 0.3 is 0 Å². The van der Waals surface area contributed by atoms with Crippen molar-refractivity contribution in [3.8, 4) is 22.8 Å². The van der Waals surface area contributed by atoms with Crippen molar-refractivity contribution in [1.82, 2.24) is 10.2 Å². The van der Waals surface area contributed by atoms with Crippen LogP contribution in [0.1, 0.15) is 30.0 Å². The van der Waals surface area contributed by atoms with Crippen LogP contribution < -0.4 is 20.2 Å². The van der Waals surface area contributed by atoms with Crippen molar-refractivity contribution in [1.29, 1.82) is 0 Å². The van der Waals surface area contributed by atoms with Crippen molar-refractivity contribution >= 4 is 22.7 Å². The van der Waals surface area contributed by atoms with Gasteiger partial charge in [0.25, 0.3) is 0 Å². The van der Waals surface area contributed by atoms with Crippen LogP contribution in [0.4, 0.5) is 5.82 Å². The lowest BCUT2D eigenvalue weighted by Crippen LogP contribution is -2.15.